The molecule has 1 aliphatic carbocycles. The Bertz CT molecular complexity index is 1120. The summed E-state index contributed by atoms with van der Waals surface area (Å²) in [6.07, 6.45) is 5.60. The van der Waals surface area contributed by atoms with Gasteiger partial charge in [0.1, 0.15) is 0 Å². The number of carbonyl (C=O) groups excluding carboxylic acids is 2. The zero-order chi connectivity index (χ0) is 24.1. The molecule has 8 heteroatoms. The molecule has 1 heterocycles. The van der Waals surface area contributed by atoms with Crippen LogP contribution in [0.1, 0.15) is 54.4 Å². The predicted octanol–water partition coefficient (Wildman–Crippen LogP) is 4.01. The SMILES string of the molecule is Cc1ccc(NC(=O)c2ccccc2NCC(=O)N(C2CCCCC2)C2CCS(=O)(=O)C2)cc1. The van der Waals surface area contributed by atoms with Crippen molar-refractivity contribution in [1.29, 1.82) is 0 Å². The third-order valence-electron chi connectivity index (χ3n) is 6.77. The Morgan fingerprint density at radius 2 is 1.65 bits per heavy atom. The highest BCUT2D eigenvalue weighted by atomic mass is 32.2. The summed E-state index contributed by atoms with van der Waals surface area (Å²) in [5, 5.41) is 6.05. The molecule has 2 fully saturated rings. The lowest BCUT2D eigenvalue weighted by Crippen LogP contribution is -2.50. The zero-order valence-electron chi connectivity index (χ0n) is 19.6. The van der Waals surface area contributed by atoms with E-state index in [1.54, 1.807) is 18.2 Å². The normalized spacial score (nSPS) is 20.0. The van der Waals surface area contributed by atoms with E-state index in [2.05, 4.69) is 10.6 Å². The molecule has 0 aromatic heterocycles. The van der Waals surface area contributed by atoms with Crippen LogP contribution in [0.2, 0.25) is 0 Å². The van der Waals surface area contributed by atoms with Crippen LogP contribution in [-0.2, 0) is 14.6 Å². The van der Waals surface area contributed by atoms with Crippen LogP contribution in [-0.4, -0.2) is 55.3 Å². The molecule has 1 unspecified atom stereocenters. The topological polar surface area (TPSA) is 95.6 Å². The standard InChI is InChI=1S/C26H33N3O4S/c1-19-11-13-20(14-12-19)28-26(31)23-9-5-6-10-24(23)27-17-25(30)29(21-7-3-2-4-8-21)22-15-16-34(32,33)18-22/h5-6,9-14,21-22,27H,2-4,7-8,15-18H2,1H3,(H,28,31). The monoisotopic (exact) mass is 483 g/mol. The summed E-state index contributed by atoms with van der Waals surface area (Å²) in [5.41, 5.74) is 2.83. The fourth-order valence-corrected chi connectivity index (χ4v) is 6.70. The lowest BCUT2D eigenvalue weighted by molar-refractivity contribution is -0.134. The van der Waals surface area contributed by atoms with Gasteiger partial charge in [0, 0.05) is 23.5 Å². The first-order chi connectivity index (χ1) is 16.3. The number of hydrogen-bond acceptors (Lipinski definition) is 5. The molecule has 0 bridgehead atoms. The van der Waals surface area contributed by atoms with Gasteiger partial charge < -0.3 is 15.5 Å². The second kappa shape index (κ2) is 10.6. The molecule has 2 aromatic carbocycles. The van der Waals surface area contributed by atoms with Gasteiger partial charge in [0.05, 0.1) is 23.6 Å². The number of nitrogens with zero attached hydrogens (tertiary/aromatic N) is 1. The molecule has 2 aromatic rings. The van der Waals surface area contributed by atoms with Crippen molar-refractivity contribution in [2.24, 2.45) is 0 Å². The molecule has 2 amide bonds. The summed E-state index contributed by atoms with van der Waals surface area (Å²) in [6.45, 7) is 2.00. The molecule has 1 saturated heterocycles. The first-order valence-electron chi connectivity index (χ1n) is 12.0. The maximum absolute atomic E-state index is 13.4. The molecule has 0 spiro atoms. The van der Waals surface area contributed by atoms with Gasteiger partial charge in [-0.2, -0.15) is 0 Å². The molecule has 2 N–H and O–H groups in total. The van der Waals surface area contributed by atoms with Crippen LogP contribution in [0.25, 0.3) is 0 Å². The van der Waals surface area contributed by atoms with E-state index in [1.165, 1.54) is 0 Å². The molecular formula is C26H33N3O4S. The van der Waals surface area contributed by atoms with Gasteiger partial charge in [-0.15, -0.1) is 0 Å². The number of hydrogen-bond donors (Lipinski definition) is 2. The van der Waals surface area contributed by atoms with E-state index < -0.39 is 9.84 Å². The molecule has 1 aliphatic heterocycles. The Hall–Kier alpha value is -2.87. The maximum atomic E-state index is 13.4. The minimum absolute atomic E-state index is 0.0157. The molecule has 2 aliphatic rings. The van der Waals surface area contributed by atoms with Crippen molar-refractivity contribution in [3.8, 4) is 0 Å². The number of nitrogens with one attached hydrogen (secondary N) is 2. The van der Waals surface area contributed by atoms with Gasteiger partial charge in [0.25, 0.3) is 5.91 Å². The lowest BCUT2D eigenvalue weighted by atomic mass is 9.93. The van der Waals surface area contributed by atoms with E-state index in [9.17, 15) is 18.0 Å². The highest BCUT2D eigenvalue weighted by molar-refractivity contribution is 7.91. The molecule has 182 valence electrons. The fourth-order valence-electron chi connectivity index (χ4n) is 4.99. The zero-order valence-corrected chi connectivity index (χ0v) is 20.4. The predicted molar refractivity (Wildman–Crippen MR) is 135 cm³/mol. The first kappa shape index (κ1) is 24.3. The van der Waals surface area contributed by atoms with Crippen LogP contribution < -0.4 is 10.6 Å². The smallest absolute Gasteiger partial charge is 0.257 e. The Morgan fingerprint density at radius 3 is 2.32 bits per heavy atom. The largest absolute Gasteiger partial charge is 0.376 e. The first-order valence-corrected chi connectivity index (χ1v) is 13.9. The molecule has 0 radical (unpaired) electrons. The van der Waals surface area contributed by atoms with Crippen molar-refractivity contribution in [1.82, 2.24) is 4.90 Å². The highest BCUT2D eigenvalue weighted by Gasteiger charge is 2.38. The number of aryl methyl sites for hydroxylation is 1. The number of amides is 2. The minimum atomic E-state index is -3.10. The number of rotatable bonds is 7. The van der Waals surface area contributed by atoms with Crippen molar-refractivity contribution >= 4 is 33.0 Å². The summed E-state index contributed by atoms with van der Waals surface area (Å²) in [4.78, 5) is 28.1. The maximum Gasteiger partial charge on any atom is 0.257 e. The summed E-state index contributed by atoms with van der Waals surface area (Å²) >= 11 is 0. The Labute approximate surface area is 201 Å². The van der Waals surface area contributed by atoms with Gasteiger partial charge in [-0.05, 0) is 50.5 Å². The quantitative estimate of drug-likeness (QED) is 0.621. The van der Waals surface area contributed by atoms with E-state index in [1.807, 2.05) is 42.2 Å². The van der Waals surface area contributed by atoms with Gasteiger partial charge in [-0.3, -0.25) is 9.59 Å². The molecule has 4 rings (SSSR count). The van der Waals surface area contributed by atoms with Gasteiger partial charge >= 0.3 is 0 Å². The summed E-state index contributed by atoms with van der Waals surface area (Å²) in [7, 11) is -3.10. The molecule has 7 nitrogen and oxygen atoms in total. The summed E-state index contributed by atoms with van der Waals surface area (Å²) < 4.78 is 24.2. The van der Waals surface area contributed by atoms with E-state index in [-0.39, 0.29) is 41.9 Å². The Balaban J connectivity index is 1.46. The number of benzene rings is 2. The van der Waals surface area contributed by atoms with Gasteiger partial charge in [-0.1, -0.05) is 49.1 Å². The van der Waals surface area contributed by atoms with E-state index in [0.29, 0.717) is 23.4 Å². The average molecular weight is 484 g/mol. The number of para-hydroxylation sites is 1. The number of carbonyl (C=O) groups is 2. The van der Waals surface area contributed by atoms with Crippen molar-refractivity contribution in [3.63, 3.8) is 0 Å². The number of sulfone groups is 1. The van der Waals surface area contributed by atoms with Gasteiger partial charge in [-0.25, -0.2) is 8.42 Å². The summed E-state index contributed by atoms with van der Waals surface area (Å²) in [5.74, 6) is -0.179. The van der Waals surface area contributed by atoms with Gasteiger partial charge in [0.2, 0.25) is 5.91 Å². The van der Waals surface area contributed by atoms with Crippen LogP contribution in [0, 0.1) is 6.92 Å². The minimum Gasteiger partial charge on any atom is -0.376 e. The third-order valence-corrected chi connectivity index (χ3v) is 8.52. The average Bonchev–Trinajstić information content (AvgIpc) is 3.19. The number of anilines is 2. The Morgan fingerprint density at radius 1 is 0.941 bits per heavy atom. The summed E-state index contributed by atoms with van der Waals surface area (Å²) in [6, 6.07) is 14.5. The third kappa shape index (κ3) is 5.97. The van der Waals surface area contributed by atoms with Crippen molar-refractivity contribution in [3.05, 3.63) is 59.7 Å². The molecule has 1 atom stereocenters. The van der Waals surface area contributed by atoms with Gasteiger partial charge in [0.15, 0.2) is 9.84 Å². The fraction of sp³-hybridized carbons (Fsp3) is 0.462. The molecule has 34 heavy (non-hydrogen) atoms. The molecular weight excluding hydrogens is 450 g/mol. The van der Waals surface area contributed by atoms with Crippen molar-refractivity contribution < 1.29 is 18.0 Å². The van der Waals surface area contributed by atoms with Crippen molar-refractivity contribution in [2.75, 3.05) is 28.7 Å². The second-order valence-corrected chi connectivity index (χ2v) is 11.6. The van der Waals surface area contributed by atoms with E-state index >= 15 is 0 Å². The lowest BCUT2D eigenvalue weighted by Gasteiger charge is -2.38. The van der Waals surface area contributed by atoms with Crippen LogP contribution >= 0.6 is 0 Å². The highest BCUT2D eigenvalue weighted by Crippen LogP contribution is 2.28. The van der Waals surface area contributed by atoms with Crippen LogP contribution in [0.4, 0.5) is 11.4 Å². The second-order valence-electron chi connectivity index (χ2n) is 9.37. The van der Waals surface area contributed by atoms with Crippen LogP contribution in [0.15, 0.2) is 48.5 Å². The van der Waals surface area contributed by atoms with E-state index in [4.69, 9.17) is 0 Å². The van der Waals surface area contributed by atoms with Crippen LogP contribution in [0.5, 0.6) is 0 Å². The molecule has 1 saturated carbocycles. The van der Waals surface area contributed by atoms with Crippen LogP contribution in [0.3, 0.4) is 0 Å². The van der Waals surface area contributed by atoms with Crippen molar-refractivity contribution in [2.45, 2.75) is 57.5 Å². The Kier molecular flexibility index (Phi) is 7.56. The van der Waals surface area contributed by atoms with E-state index in [0.717, 1.165) is 37.7 Å².